The van der Waals surface area contributed by atoms with Gasteiger partial charge in [-0.25, -0.2) is 0 Å². The number of benzene rings is 1. The third-order valence-corrected chi connectivity index (χ3v) is 3.19. The fraction of sp³-hybridized carbons (Fsp3) is 0.462. The smallest absolute Gasteiger partial charge is 0.307 e. The molecule has 1 aliphatic rings. The molecular weight excluding hydrogens is 202 g/mol. The molecule has 0 spiro atoms. The molecule has 1 atom stereocenters. The number of hydrogen-bond donors (Lipinski definition) is 2. The number of carboxylic acids is 1. The summed E-state index contributed by atoms with van der Waals surface area (Å²) in [4.78, 5) is 10.7. The fourth-order valence-electron chi connectivity index (χ4n) is 2.13. The summed E-state index contributed by atoms with van der Waals surface area (Å²) in [6.07, 6.45) is 2.03. The number of carboxylic acid groups (broad SMARTS) is 1. The standard InChI is InChI=1S/C13H17NO2/c1-9(13(15)16)8-14-12-6-10-4-2-3-5-11(10)7-12/h2-5,9,12,14H,6-8H2,1H3,(H,15,16). The van der Waals surface area contributed by atoms with Gasteiger partial charge in [-0.15, -0.1) is 0 Å². The van der Waals surface area contributed by atoms with E-state index in [0.717, 1.165) is 12.8 Å². The molecule has 0 amide bonds. The molecule has 0 bridgehead atoms. The Morgan fingerprint density at radius 1 is 1.44 bits per heavy atom. The molecule has 3 nitrogen and oxygen atoms in total. The van der Waals surface area contributed by atoms with Gasteiger partial charge >= 0.3 is 5.97 Å². The van der Waals surface area contributed by atoms with E-state index < -0.39 is 5.97 Å². The van der Waals surface area contributed by atoms with E-state index in [4.69, 9.17) is 5.11 Å². The summed E-state index contributed by atoms with van der Waals surface area (Å²) >= 11 is 0. The van der Waals surface area contributed by atoms with E-state index in [0.29, 0.717) is 12.6 Å². The Bertz CT molecular complexity index is 364. The normalized spacial score (nSPS) is 17.1. The zero-order chi connectivity index (χ0) is 11.5. The summed E-state index contributed by atoms with van der Waals surface area (Å²) in [6.45, 7) is 2.28. The minimum atomic E-state index is -0.733. The third-order valence-electron chi connectivity index (χ3n) is 3.19. The molecule has 3 heteroatoms. The second-order valence-corrected chi connectivity index (χ2v) is 4.52. The molecule has 2 N–H and O–H groups in total. The average Bonchev–Trinajstić information content (AvgIpc) is 2.68. The van der Waals surface area contributed by atoms with Gasteiger partial charge in [0.15, 0.2) is 0 Å². The van der Waals surface area contributed by atoms with Crippen molar-refractivity contribution in [2.45, 2.75) is 25.8 Å². The Labute approximate surface area is 95.5 Å². The molecule has 2 rings (SSSR count). The molecule has 0 fully saturated rings. The lowest BCUT2D eigenvalue weighted by Gasteiger charge is -2.13. The number of rotatable bonds is 4. The van der Waals surface area contributed by atoms with Crippen molar-refractivity contribution in [3.63, 3.8) is 0 Å². The molecule has 0 aliphatic heterocycles. The van der Waals surface area contributed by atoms with Crippen LogP contribution in [0.1, 0.15) is 18.1 Å². The lowest BCUT2D eigenvalue weighted by Crippen LogP contribution is -2.35. The van der Waals surface area contributed by atoms with Crippen molar-refractivity contribution in [2.24, 2.45) is 5.92 Å². The van der Waals surface area contributed by atoms with Gasteiger partial charge < -0.3 is 10.4 Å². The van der Waals surface area contributed by atoms with Crippen LogP contribution in [0.2, 0.25) is 0 Å². The SMILES string of the molecule is CC(CNC1Cc2ccccc2C1)C(=O)O. The van der Waals surface area contributed by atoms with Gasteiger partial charge in [0.1, 0.15) is 0 Å². The largest absolute Gasteiger partial charge is 0.481 e. The van der Waals surface area contributed by atoms with Crippen LogP contribution in [0, 0.1) is 5.92 Å². The van der Waals surface area contributed by atoms with Crippen molar-refractivity contribution in [1.82, 2.24) is 5.32 Å². The topological polar surface area (TPSA) is 49.3 Å². The molecule has 0 aromatic heterocycles. The molecule has 1 aliphatic carbocycles. The quantitative estimate of drug-likeness (QED) is 0.806. The molecule has 86 valence electrons. The molecule has 0 saturated carbocycles. The molecule has 0 heterocycles. The number of fused-ring (bicyclic) bond motifs is 1. The summed E-state index contributed by atoms with van der Waals surface area (Å²) in [6, 6.07) is 8.82. The van der Waals surface area contributed by atoms with Crippen LogP contribution in [-0.2, 0) is 17.6 Å². The molecule has 1 unspecified atom stereocenters. The predicted molar refractivity (Wildman–Crippen MR) is 62.4 cm³/mol. The highest BCUT2D eigenvalue weighted by Crippen LogP contribution is 2.21. The summed E-state index contributed by atoms with van der Waals surface area (Å²) in [5.41, 5.74) is 2.78. The van der Waals surface area contributed by atoms with Gasteiger partial charge in [0.2, 0.25) is 0 Å². The molecule has 0 radical (unpaired) electrons. The Morgan fingerprint density at radius 2 is 2.00 bits per heavy atom. The minimum absolute atomic E-state index is 0.316. The van der Waals surface area contributed by atoms with Crippen LogP contribution in [0.15, 0.2) is 24.3 Å². The van der Waals surface area contributed by atoms with Crippen LogP contribution in [-0.4, -0.2) is 23.7 Å². The third kappa shape index (κ3) is 2.42. The van der Waals surface area contributed by atoms with Crippen LogP contribution in [0.5, 0.6) is 0 Å². The summed E-state index contributed by atoms with van der Waals surface area (Å²) < 4.78 is 0. The highest BCUT2D eigenvalue weighted by molar-refractivity contribution is 5.69. The molecule has 1 aromatic carbocycles. The maximum Gasteiger partial charge on any atom is 0.307 e. The second-order valence-electron chi connectivity index (χ2n) is 4.52. The first-order chi connectivity index (χ1) is 7.66. The summed E-state index contributed by atoms with van der Waals surface area (Å²) in [5, 5.41) is 12.1. The first kappa shape index (κ1) is 11.1. The van der Waals surface area contributed by atoms with Crippen LogP contribution < -0.4 is 5.32 Å². The van der Waals surface area contributed by atoms with E-state index in [2.05, 4.69) is 29.6 Å². The fourth-order valence-corrected chi connectivity index (χ4v) is 2.13. The van der Waals surface area contributed by atoms with Gasteiger partial charge in [0.25, 0.3) is 0 Å². The monoisotopic (exact) mass is 219 g/mol. The second kappa shape index (κ2) is 4.66. The Hall–Kier alpha value is -1.35. The maximum absolute atomic E-state index is 10.7. The Balaban J connectivity index is 1.86. The van der Waals surface area contributed by atoms with E-state index >= 15 is 0 Å². The van der Waals surface area contributed by atoms with Crippen molar-refractivity contribution in [1.29, 1.82) is 0 Å². The minimum Gasteiger partial charge on any atom is -0.481 e. The Kier molecular flexibility index (Phi) is 3.25. The van der Waals surface area contributed by atoms with Crippen LogP contribution in [0.4, 0.5) is 0 Å². The van der Waals surface area contributed by atoms with Crippen molar-refractivity contribution < 1.29 is 9.90 Å². The van der Waals surface area contributed by atoms with Crippen molar-refractivity contribution in [3.8, 4) is 0 Å². The summed E-state index contributed by atoms with van der Waals surface area (Å²) in [5.74, 6) is -1.05. The molecule has 16 heavy (non-hydrogen) atoms. The lowest BCUT2D eigenvalue weighted by molar-refractivity contribution is -0.140. The van der Waals surface area contributed by atoms with Crippen molar-refractivity contribution >= 4 is 5.97 Å². The van der Waals surface area contributed by atoms with Crippen LogP contribution in [0.3, 0.4) is 0 Å². The van der Waals surface area contributed by atoms with Gasteiger partial charge in [-0.1, -0.05) is 31.2 Å². The van der Waals surface area contributed by atoms with E-state index in [1.165, 1.54) is 11.1 Å². The van der Waals surface area contributed by atoms with Gasteiger partial charge in [0.05, 0.1) is 5.92 Å². The molecule has 0 saturated heterocycles. The maximum atomic E-state index is 10.7. The zero-order valence-electron chi connectivity index (χ0n) is 9.44. The summed E-state index contributed by atoms with van der Waals surface area (Å²) in [7, 11) is 0. The molecule has 1 aromatic rings. The van der Waals surface area contributed by atoms with Gasteiger partial charge in [-0.3, -0.25) is 4.79 Å². The first-order valence-corrected chi connectivity index (χ1v) is 5.70. The van der Waals surface area contributed by atoms with E-state index in [-0.39, 0.29) is 5.92 Å². The lowest BCUT2D eigenvalue weighted by atomic mass is 10.1. The highest BCUT2D eigenvalue weighted by Gasteiger charge is 2.21. The van der Waals surface area contributed by atoms with Crippen molar-refractivity contribution in [3.05, 3.63) is 35.4 Å². The highest BCUT2D eigenvalue weighted by atomic mass is 16.4. The zero-order valence-corrected chi connectivity index (χ0v) is 9.44. The number of carbonyl (C=O) groups is 1. The average molecular weight is 219 g/mol. The first-order valence-electron chi connectivity index (χ1n) is 5.70. The Morgan fingerprint density at radius 3 is 2.50 bits per heavy atom. The number of nitrogens with one attached hydrogen (secondary N) is 1. The van der Waals surface area contributed by atoms with E-state index in [1.807, 2.05) is 0 Å². The molecular formula is C13H17NO2. The van der Waals surface area contributed by atoms with E-state index in [1.54, 1.807) is 6.92 Å². The van der Waals surface area contributed by atoms with Gasteiger partial charge in [0, 0.05) is 12.6 Å². The number of aliphatic carboxylic acids is 1. The predicted octanol–water partition coefficient (Wildman–Crippen LogP) is 1.46. The van der Waals surface area contributed by atoms with Gasteiger partial charge in [-0.2, -0.15) is 0 Å². The van der Waals surface area contributed by atoms with Gasteiger partial charge in [-0.05, 0) is 24.0 Å². The van der Waals surface area contributed by atoms with Crippen LogP contribution >= 0.6 is 0 Å². The van der Waals surface area contributed by atoms with E-state index in [9.17, 15) is 4.79 Å². The number of hydrogen-bond acceptors (Lipinski definition) is 2. The van der Waals surface area contributed by atoms with Crippen LogP contribution in [0.25, 0.3) is 0 Å². The van der Waals surface area contributed by atoms with Crippen molar-refractivity contribution in [2.75, 3.05) is 6.54 Å².